The number of carbonyl (C=O) groups is 3. The van der Waals surface area contributed by atoms with Crippen molar-refractivity contribution in [2.24, 2.45) is 0 Å². The van der Waals surface area contributed by atoms with Gasteiger partial charge in [-0.2, -0.15) is 0 Å². The van der Waals surface area contributed by atoms with Gasteiger partial charge in [0.15, 0.2) is 0 Å². The van der Waals surface area contributed by atoms with E-state index in [-0.39, 0.29) is 28.8 Å². The summed E-state index contributed by atoms with van der Waals surface area (Å²) < 4.78 is 19.3. The molecule has 2 N–H and O–H groups in total. The molecule has 1 aliphatic heterocycles. The highest BCUT2D eigenvalue weighted by Gasteiger charge is 2.47. The molecule has 8 heteroatoms. The lowest BCUT2D eigenvalue weighted by molar-refractivity contribution is -0.140. The van der Waals surface area contributed by atoms with Crippen molar-refractivity contribution in [2.45, 2.75) is 19.5 Å². The summed E-state index contributed by atoms with van der Waals surface area (Å²) in [6, 6.07) is 15.7. The van der Waals surface area contributed by atoms with Gasteiger partial charge in [0.2, 0.25) is 0 Å². The molecule has 1 amide bonds. The quantitative estimate of drug-likeness (QED) is 0.310. The van der Waals surface area contributed by atoms with Crippen LogP contribution in [0.2, 0.25) is 0 Å². The summed E-state index contributed by atoms with van der Waals surface area (Å²) in [5, 5.41) is 20.3. The number of nitrogens with zero attached hydrogens (tertiary/aromatic N) is 1. The van der Waals surface area contributed by atoms with Crippen LogP contribution in [0.15, 0.2) is 72.3 Å². The second-order valence-corrected chi connectivity index (χ2v) is 8.13. The van der Waals surface area contributed by atoms with Crippen LogP contribution in [0.5, 0.6) is 5.75 Å². The number of carboxylic acids is 1. The summed E-state index contributed by atoms with van der Waals surface area (Å²) in [6.07, 6.45) is 0. The van der Waals surface area contributed by atoms with E-state index in [1.54, 1.807) is 36.4 Å². The number of hydrogen-bond donors (Lipinski definition) is 2. The van der Waals surface area contributed by atoms with E-state index in [4.69, 9.17) is 9.84 Å². The number of ether oxygens (including phenoxy) is 1. The van der Waals surface area contributed by atoms with Crippen molar-refractivity contribution >= 4 is 23.4 Å². The Morgan fingerprint density at radius 2 is 1.66 bits per heavy atom. The van der Waals surface area contributed by atoms with Gasteiger partial charge in [-0.1, -0.05) is 30.3 Å². The average molecular weight is 475 g/mol. The zero-order valence-electron chi connectivity index (χ0n) is 19.0. The van der Waals surface area contributed by atoms with Gasteiger partial charge in [0.05, 0.1) is 24.3 Å². The van der Waals surface area contributed by atoms with E-state index >= 15 is 0 Å². The third-order valence-corrected chi connectivity index (χ3v) is 5.96. The number of Topliss-reactive ketones (excluding diaryl/α,β-unsaturated/α-hetero) is 1. The van der Waals surface area contributed by atoms with Crippen molar-refractivity contribution in [3.63, 3.8) is 0 Å². The minimum atomic E-state index is -1.08. The fraction of sp³-hybridized carbons (Fsp3) is 0.148. The largest absolute Gasteiger partial charge is 0.507 e. The summed E-state index contributed by atoms with van der Waals surface area (Å²) in [5.41, 5.74) is 1.49. The number of aliphatic hydroxyl groups is 1. The number of benzene rings is 3. The standard InChI is InChI=1S/C27H22FNO6/c1-15-13-18(11-12-20(15)28)24(30)22-23(19-5-3-4-6-21(19)35-2)29(26(32)25(22)31)14-16-7-9-17(10-8-16)27(33)34/h3-13,23,30H,14H2,1-2H3,(H,33,34)/b24-22+. The van der Waals surface area contributed by atoms with Gasteiger partial charge in [-0.25, -0.2) is 9.18 Å². The molecule has 1 fully saturated rings. The van der Waals surface area contributed by atoms with Crippen molar-refractivity contribution in [3.8, 4) is 5.75 Å². The molecule has 1 aliphatic rings. The molecule has 0 aliphatic carbocycles. The minimum Gasteiger partial charge on any atom is -0.507 e. The Morgan fingerprint density at radius 3 is 2.29 bits per heavy atom. The first-order valence-electron chi connectivity index (χ1n) is 10.7. The normalized spacial score (nSPS) is 17.0. The summed E-state index contributed by atoms with van der Waals surface area (Å²) >= 11 is 0. The fourth-order valence-electron chi connectivity index (χ4n) is 4.16. The van der Waals surface area contributed by atoms with E-state index in [2.05, 4.69) is 0 Å². The zero-order valence-corrected chi connectivity index (χ0v) is 19.0. The van der Waals surface area contributed by atoms with Crippen molar-refractivity contribution in [3.05, 3.63) is 106 Å². The van der Waals surface area contributed by atoms with Gasteiger partial charge in [-0.15, -0.1) is 0 Å². The van der Waals surface area contributed by atoms with Crippen LogP contribution in [-0.2, 0) is 16.1 Å². The monoisotopic (exact) mass is 475 g/mol. The molecule has 1 atom stereocenters. The van der Waals surface area contributed by atoms with Gasteiger partial charge < -0.3 is 19.8 Å². The van der Waals surface area contributed by atoms with Crippen LogP contribution in [0, 0.1) is 12.7 Å². The number of aliphatic hydroxyl groups excluding tert-OH is 1. The molecule has 0 bridgehead atoms. The molecule has 0 saturated carbocycles. The highest BCUT2D eigenvalue weighted by atomic mass is 19.1. The van der Waals surface area contributed by atoms with Gasteiger partial charge in [0.1, 0.15) is 17.3 Å². The number of amides is 1. The Balaban J connectivity index is 1.87. The molecule has 0 aromatic heterocycles. The predicted molar refractivity (Wildman–Crippen MR) is 125 cm³/mol. The third kappa shape index (κ3) is 4.38. The number of halogens is 1. The molecular weight excluding hydrogens is 453 g/mol. The number of para-hydroxylation sites is 1. The molecule has 0 spiro atoms. The van der Waals surface area contributed by atoms with Crippen molar-refractivity contribution < 1.29 is 33.7 Å². The van der Waals surface area contributed by atoms with Gasteiger partial charge in [-0.3, -0.25) is 9.59 Å². The zero-order chi connectivity index (χ0) is 25.3. The Kier molecular flexibility index (Phi) is 6.38. The van der Waals surface area contributed by atoms with E-state index in [0.717, 1.165) is 0 Å². The molecule has 0 radical (unpaired) electrons. The second kappa shape index (κ2) is 9.42. The number of rotatable bonds is 6. The van der Waals surface area contributed by atoms with Crippen molar-refractivity contribution in [1.82, 2.24) is 4.90 Å². The van der Waals surface area contributed by atoms with Gasteiger partial charge in [-0.05, 0) is 54.4 Å². The molecule has 1 heterocycles. The molecule has 178 valence electrons. The topological polar surface area (TPSA) is 104 Å². The molecule has 35 heavy (non-hydrogen) atoms. The first kappa shape index (κ1) is 23.7. The number of methoxy groups -OCH3 is 1. The Hall–Kier alpha value is -4.46. The SMILES string of the molecule is COc1ccccc1C1/C(=C(\O)c2ccc(F)c(C)c2)C(=O)C(=O)N1Cc1ccc(C(=O)O)cc1. The number of carboxylic acid groups (broad SMARTS) is 1. The molecule has 3 aromatic rings. The third-order valence-electron chi connectivity index (χ3n) is 5.96. The maximum atomic E-state index is 13.8. The van der Waals surface area contributed by atoms with Crippen molar-refractivity contribution in [1.29, 1.82) is 0 Å². The summed E-state index contributed by atoms with van der Waals surface area (Å²) in [7, 11) is 1.46. The van der Waals surface area contributed by atoms with Crippen LogP contribution in [0.3, 0.4) is 0 Å². The van der Waals surface area contributed by atoms with Crippen molar-refractivity contribution in [2.75, 3.05) is 7.11 Å². The number of carbonyl (C=O) groups excluding carboxylic acids is 2. The summed E-state index contributed by atoms with van der Waals surface area (Å²) in [6.45, 7) is 1.51. The maximum absolute atomic E-state index is 13.8. The lowest BCUT2D eigenvalue weighted by atomic mass is 9.94. The molecule has 1 unspecified atom stereocenters. The highest BCUT2D eigenvalue weighted by molar-refractivity contribution is 6.46. The maximum Gasteiger partial charge on any atom is 0.335 e. The lowest BCUT2D eigenvalue weighted by Crippen LogP contribution is -2.29. The smallest absolute Gasteiger partial charge is 0.335 e. The number of ketones is 1. The van der Waals surface area contributed by atoms with Gasteiger partial charge in [0, 0.05) is 17.7 Å². The van der Waals surface area contributed by atoms with E-state index in [1.165, 1.54) is 49.3 Å². The van der Waals surface area contributed by atoms with E-state index in [1.807, 2.05) is 0 Å². The number of hydrogen-bond acceptors (Lipinski definition) is 5. The lowest BCUT2D eigenvalue weighted by Gasteiger charge is -2.26. The Bertz CT molecular complexity index is 1360. The first-order valence-corrected chi connectivity index (χ1v) is 10.7. The molecule has 1 saturated heterocycles. The van der Waals surface area contributed by atoms with E-state index in [0.29, 0.717) is 16.9 Å². The second-order valence-electron chi connectivity index (χ2n) is 8.13. The molecular formula is C27H22FNO6. The molecule has 7 nitrogen and oxygen atoms in total. The summed E-state index contributed by atoms with van der Waals surface area (Å²) in [5.74, 6) is -3.28. The van der Waals surface area contributed by atoms with Crippen LogP contribution in [0.25, 0.3) is 5.76 Å². The Morgan fingerprint density at radius 1 is 1.00 bits per heavy atom. The predicted octanol–water partition coefficient (Wildman–Crippen LogP) is 4.46. The van der Waals surface area contributed by atoms with Crippen LogP contribution >= 0.6 is 0 Å². The molecule has 3 aromatic carbocycles. The Labute approximate surface area is 200 Å². The number of likely N-dealkylation sites (tertiary alicyclic amines) is 1. The van der Waals surface area contributed by atoms with E-state index in [9.17, 15) is 23.9 Å². The first-order chi connectivity index (χ1) is 16.7. The van der Waals surface area contributed by atoms with Crippen LogP contribution in [-0.4, -0.2) is 39.9 Å². The van der Waals surface area contributed by atoms with Crippen LogP contribution in [0.1, 0.15) is 38.7 Å². The number of aryl methyl sites for hydroxylation is 1. The van der Waals surface area contributed by atoms with Crippen LogP contribution in [0.4, 0.5) is 4.39 Å². The average Bonchev–Trinajstić information content (AvgIpc) is 3.10. The number of aromatic carboxylic acids is 1. The summed E-state index contributed by atoms with van der Waals surface area (Å²) in [4.78, 5) is 38.8. The van der Waals surface area contributed by atoms with E-state index < -0.39 is 35.3 Å². The van der Waals surface area contributed by atoms with Gasteiger partial charge in [0.25, 0.3) is 11.7 Å². The minimum absolute atomic E-state index is 0.0214. The fourth-order valence-corrected chi connectivity index (χ4v) is 4.16. The van der Waals surface area contributed by atoms with Crippen LogP contribution < -0.4 is 4.74 Å². The molecule has 4 rings (SSSR count). The highest BCUT2D eigenvalue weighted by Crippen LogP contribution is 2.43. The van der Waals surface area contributed by atoms with Gasteiger partial charge >= 0.3 is 5.97 Å².